The fourth-order valence-electron chi connectivity index (χ4n) is 5.81. The summed E-state index contributed by atoms with van der Waals surface area (Å²) in [5.41, 5.74) is 2.42. The van der Waals surface area contributed by atoms with Gasteiger partial charge in [0.05, 0.1) is 39.4 Å². The summed E-state index contributed by atoms with van der Waals surface area (Å²) < 4.78 is 39.4. The number of aromatic hydroxyl groups is 1. The number of benzene rings is 3. The minimum absolute atomic E-state index is 0.0454. The lowest BCUT2D eigenvalue weighted by Gasteiger charge is -2.40. The first kappa shape index (κ1) is 35.0. The summed E-state index contributed by atoms with van der Waals surface area (Å²) in [4.78, 5) is 12.6. The van der Waals surface area contributed by atoms with E-state index in [1.807, 2.05) is 12.1 Å². The number of aryl methyl sites for hydroxylation is 1. The highest BCUT2D eigenvalue weighted by molar-refractivity contribution is 5.90. The van der Waals surface area contributed by atoms with Crippen molar-refractivity contribution in [3.8, 4) is 34.5 Å². The van der Waals surface area contributed by atoms with Gasteiger partial charge >= 0.3 is 5.97 Å². The molecule has 2 aliphatic rings. The molecule has 0 spiro atoms. The van der Waals surface area contributed by atoms with Crippen LogP contribution in [-0.4, -0.2) is 108 Å². The maximum atomic E-state index is 12.6. The van der Waals surface area contributed by atoms with E-state index < -0.39 is 55.3 Å². The summed E-state index contributed by atoms with van der Waals surface area (Å²) in [5, 5.41) is 61.3. The van der Waals surface area contributed by atoms with Gasteiger partial charge in [0.1, 0.15) is 37.1 Å². The molecule has 3 aromatic carbocycles. The van der Waals surface area contributed by atoms with Crippen molar-refractivity contribution < 1.29 is 68.6 Å². The molecule has 7 unspecified atom stereocenters. The highest BCUT2D eigenvalue weighted by Gasteiger charge is 2.46. The van der Waals surface area contributed by atoms with Gasteiger partial charge in [-0.15, -0.1) is 0 Å². The smallest absolute Gasteiger partial charge is 0.338 e. The molecule has 0 aliphatic carbocycles. The zero-order valence-corrected chi connectivity index (χ0v) is 26.6. The van der Waals surface area contributed by atoms with Crippen molar-refractivity contribution >= 4 is 5.97 Å². The van der Waals surface area contributed by atoms with Crippen molar-refractivity contribution in [1.29, 1.82) is 0 Å². The van der Waals surface area contributed by atoms with Crippen LogP contribution in [-0.2, 0) is 15.9 Å². The average molecular weight is 673 g/mol. The van der Waals surface area contributed by atoms with E-state index in [1.54, 1.807) is 18.2 Å². The summed E-state index contributed by atoms with van der Waals surface area (Å²) in [5.74, 6) is 0.0160. The number of fused-ring (bicyclic) bond motifs is 1. The molecule has 6 N–H and O–H groups in total. The zero-order valence-electron chi connectivity index (χ0n) is 26.6. The van der Waals surface area contributed by atoms with Gasteiger partial charge in [0.2, 0.25) is 6.29 Å². The summed E-state index contributed by atoms with van der Waals surface area (Å²) in [6, 6.07) is 12.6. The molecule has 48 heavy (non-hydrogen) atoms. The fraction of sp³-hybridized carbons (Fsp3) is 0.441. The molecular formula is C34H40O14. The van der Waals surface area contributed by atoms with Crippen molar-refractivity contribution in [2.75, 3.05) is 41.2 Å². The molecule has 2 heterocycles. The molecule has 1 saturated heterocycles. The Balaban J connectivity index is 1.31. The Morgan fingerprint density at radius 3 is 2.27 bits per heavy atom. The largest absolute Gasteiger partial charge is 0.504 e. The molecule has 14 nitrogen and oxygen atoms in total. The molecule has 7 atom stereocenters. The van der Waals surface area contributed by atoms with E-state index in [0.29, 0.717) is 29.9 Å². The van der Waals surface area contributed by atoms with Gasteiger partial charge < -0.3 is 63.8 Å². The molecule has 14 heteroatoms. The molecule has 0 aromatic heterocycles. The van der Waals surface area contributed by atoms with E-state index in [0.717, 1.165) is 11.1 Å². The second-order valence-corrected chi connectivity index (χ2v) is 11.4. The zero-order chi connectivity index (χ0) is 34.5. The highest BCUT2D eigenvalue weighted by atomic mass is 16.7. The number of phenols is 1. The quantitative estimate of drug-likeness (QED) is 0.143. The van der Waals surface area contributed by atoms with E-state index in [9.17, 15) is 35.4 Å². The number of esters is 1. The van der Waals surface area contributed by atoms with Crippen molar-refractivity contribution in [3.05, 3.63) is 70.8 Å². The Hall–Kier alpha value is -4.31. The van der Waals surface area contributed by atoms with Crippen LogP contribution < -0.4 is 23.7 Å². The van der Waals surface area contributed by atoms with Gasteiger partial charge in [-0.25, -0.2) is 4.79 Å². The number of methoxy groups -OCH3 is 3. The predicted octanol–water partition coefficient (Wildman–Crippen LogP) is 1.60. The summed E-state index contributed by atoms with van der Waals surface area (Å²) >= 11 is 0. The molecule has 5 rings (SSSR count). The Morgan fingerprint density at radius 1 is 0.833 bits per heavy atom. The molecule has 3 aromatic rings. The number of carbonyl (C=O) groups is 1. The second kappa shape index (κ2) is 15.3. The Kier molecular flexibility index (Phi) is 11.1. The number of aliphatic hydroxyl groups excluding tert-OH is 5. The van der Waals surface area contributed by atoms with Gasteiger partial charge in [-0.05, 0) is 60.4 Å². The first-order valence-electron chi connectivity index (χ1n) is 15.3. The number of ether oxygens (including phenoxy) is 7. The van der Waals surface area contributed by atoms with Gasteiger partial charge in [0.15, 0.2) is 34.5 Å². The van der Waals surface area contributed by atoms with Gasteiger partial charge in [-0.2, -0.15) is 0 Å². The number of rotatable bonds is 13. The van der Waals surface area contributed by atoms with Crippen LogP contribution in [0.25, 0.3) is 0 Å². The Labute approximate surface area is 276 Å². The number of aliphatic hydroxyl groups is 5. The third kappa shape index (κ3) is 7.09. The average Bonchev–Trinajstić information content (AvgIpc) is 3.48. The van der Waals surface area contributed by atoms with Crippen molar-refractivity contribution in [2.24, 2.45) is 0 Å². The third-order valence-corrected chi connectivity index (χ3v) is 8.42. The first-order valence-corrected chi connectivity index (χ1v) is 15.3. The maximum Gasteiger partial charge on any atom is 0.338 e. The van der Waals surface area contributed by atoms with Gasteiger partial charge in [0, 0.05) is 12.2 Å². The molecule has 0 saturated carbocycles. The van der Waals surface area contributed by atoms with E-state index in [2.05, 4.69) is 0 Å². The predicted molar refractivity (Wildman–Crippen MR) is 167 cm³/mol. The van der Waals surface area contributed by atoms with Gasteiger partial charge in [-0.1, -0.05) is 12.1 Å². The van der Waals surface area contributed by atoms with Gasteiger partial charge in [-0.3, -0.25) is 0 Å². The normalized spacial score (nSPS) is 24.7. The third-order valence-electron chi connectivity index (χ3n) is 8.42. The molecule has 2 aliphatic heterocycles. The standard InChI is InChI=1S/C34H40O14/c1-42-24-14-19(6-8-22(24)37)33(41)45-16-27-28(38)29(39)30(40)34(47-27)46-23-9-7-18(13-25(23)43-2)31-21(15-36)20-11-17(5-4-10-35)12-26(44-3)32(20)48-31/h6-9,11-14,21,27-31,34-40H,4-5,10,15-16H2,1-3H3. The van der Waals surface area contributed by atoms with E-state index in [-0.39, 0.29) is 41.8 Å². The van der Waals surface area contributed by atoms with Crippen LogP contribution in [0.15, 0.2) is 48.5 Å². The number of hydrogen-bond acceptors (Lipinski definition) is 14. The summed E-state index contributed by atoms with van der Waals surface area (Å²) in [7, 11) is 4.27. The van der Waals surface area contributed by atoms with E-state index in [4.69, 9.17) is 33.2 Å². The lowest BCUT2D eigenvalue weighted by atomic mass is 9.90. The van der Waals surface area contributed by atoms with Crippen LogP contribution in [0.2, 0.25) is 0 Å². The molecule has 0 bridgehead atoms. The number of hydrogen-bond donors (Lipinski definition) is 6. The van der Waals surface area contributed by atoms with Crippen molar-refractivity contribution in [3.63, 3.8) is 0 Å². The lowest BCUT2D eigenvalue weighted by Crippen LogP contribution is -2.60. The van der Waals surface area contributed by atoms with Crippen LogP contribution in [0, 0.1) is 0 Å². The minimum atomic E-state index is -1.71. The SMILES string of the molecule is COc1cc(C(=O)OCC2OC(Oc3ccc(C4Oc5c(OC)cc(CCCO)cc5C4CO)cc3OC)C(O)C(O)C2O)ccc1O. The lowest BCUT2D eigenvalue weighted by molar-refractivity contribution is -0.277. The van der Waals surface area contributed by atoms with Crippen LogP contribution in [0.5, 0.6) is 34.5 Å². The monoisotopic (exact) mass is 672 g/mol. The van der Waals surface area contributed by atoms with E-state index >= 15 is 0 Å². The summed E-state index contributed by atoms with van der Waals surface area (Å²) in [6.45, 7) is -0.681. The minimum Gasteiger partial charge on any atom is -0.504 e. The van der Waals surface area contributed by atoms with Crippen LogP contribution >= 0.6 is 0 Å². The topological polar surface area (TPSA) is 203 Å². The Morgan fingerprint density at radius 2 is 1.58 bits per heavy atom. The van der Waals surface area contributed by atoms with Crippen LogP contribution in [0.1, 0.15) is 45.5 Å². The molecule has 0 radical (unpaired) electrons. The maximum absolute atomic E-state index is 12.6. The highest BCUT2D eigenvalue weighted by Crippen LogP contribution is 2.51. The Bertz CT molecular complexity index is 1580. The number of carbonyl (C=O) groups excluding carboxylic acids is 1. The molecule has 260 valence electrons. The molecular weight excluding hydrogens is 632 g/mol. The summed E-state index contributed by atoms with van der Waals surface area (Å²) in [6.07, 6.45) is -7.21. The second-order valence-electron chi connectivity index (χ2n) is 11.4. The van der Waals surface area contributed by atoms with Crippen LogP contribution in [0.4, 0.5) is 0 Å². The molecule has 0 amide bonds. The molecule has 1 fully saturated rings. The van der Waals surface area contributed by atoms with Crippen LogP contribution in [0.3, 0.4) is 0 Å². The fourth-order valence-corrected chi connectivity index (χ4v) is 5.81. The first-order chi connectivity index (χ1) is 23.1. The van der Waals surface area contributed by atoms with Gasteiger partial charge in [0.25, 0.3) is 0 Å². The number of phenolic OH excluding ortho intramolecular Hbond substituents is 1. The van der Waals surface area contributed by atoms with E-state index in [1.165, 1.54) is 39.5 Å². The van der Waals surface area contributed by atoms with Crippen molar-refractivity contribution in [2.45, 2.75) is 55.6 Å². The van der Waals surface area contributed by atoms with Crippen molar-refractivity contribution in [1.82, 2.24) is 0 Å².